The fourth-order valence-electron chi connectivity index (χ4n) is 0. The molecular formula is C2H7AlP. The molecule has 0 aromatic heterocycles. The van der Waals surface area contributed by atoms with Gasteiger partial charge in [0.25, 0.3) is 0 Å². The van der Waals surface area contributed by atoms with E-state index in [0.717, 1.165) is 0 Å². The topological polar surface area (TPSA) is 0 Å². The molecule has 0 rings (SSSR count). The van der Waals surface area contributed by atoms with Crippen LogP contribution in [0.25, 0.3) is 0 Å². The predicted molar refractivity (Wildman–Crippen MR) is 26.0 cm³/mol. The predicted octanol–water partition coefficient (Wildman–Crippen LogP) is 0.501. The highest BCUT2D eigenvalue weighted by Crippen LogP contribution is 1.68. The molecule has 0 amide bonds. The first kappa shape index (κ1) is 8.88. The first-order valence-electron chi connectivity index (χ1n) is 1.12. The summed E-state index contributed by atoms with van der Waals surface area (Å²) < 4.78 is 0. The van der Waals surface area contributed by atoms with Crippen LogP contribution >= 0.6 is 9.24 Å². The maximum Gasteiger partial charge on any atom is 0 e. The molecule has 0 aliphatic carbocycles. The molecule has 0 N–H and O–H groups in total. The maximum atomic E-state index is 2.58. The molecule has 2 heteroatoms. The van der Waals surface area contributed by atoms with Gasteiger partial charge in [-0.1, -0.05) is 6.92 Å². The van der Waals surface area contributed by atoms with Crippen LogP contribution in [0, 0.1) is 0 Å². The molecule has 0 nitrogen and oxygen atoms in total. The Hall–Kier alpha value is 0.962. The molecule has 1 unspecified atom stereocenters. The third-order valence-electron chi connectivity index (χ3n) is 0. The maximum absolute atomic E-state index is 2.58. The van der Waals surface area contributed by atoms with Crippen molar-refractivity contribution >= 4 is 26.6 Å². The van der Waals surface area contributed by atoms with Gasteiger partial charge in [-0.2, -0.15) is 0 Å². The van der Waals surface area contributed by atoms with E-state index in [0.29, 0.717) is 0 Å². The minimum absolute atomic E-state index is 0. The van der Waals surface area contributed by atoms with Gasteiger partial charge < -0.3 is 0 Å². The van der Waals surface area contributed by atoms with Crippen LogP contribution < -0.4 is 0 Å². The number of rotatable bonds is 0. The summed E-state index contributed by atoms with van der Waals surface area (Å²) in [7, 11) is 2.58. The molecule has 1 atom stereocenters. The molecule has 0 saturated heterocycles. The van der Waals surface area contributed by atoms with Crippen molar-refractivity contribution in [2.45, 2.75) is 6.92 Å². The van der Waals surface area contributed by atoms with E-state index in [2.05, 4.69) is 16.2 Å². The largest absolute Gasteiger partial charge is 0.138 e. The zero-order chi connectivity index (χ0) is 2.71. The molecule has 0 saturated carbocycles. The van der Waals surface area contributed by atoms with Crippen molar-refractivity contribution in [2.75, 3.05) is 6.16 Å². The van der Waals surface area contributed by atoms with Crippen LogP contribution in [0.1, 0.15) is 6.92 Å². The van der Waals surface area contributed by atoms with E-state index in [1.54, 1.807) is 0 Å². The van der Waals surface area contributed by atoms with E-state index in [1.165, 1.54) is 6.16 Å². The molecule has 0 fully saturated rings. The van der Waals surface area contributed by atoms with Gasteiger partial charge in [0, 0.05) is 17.4 Å². The molecule has 0 aromatic rings. The lowest BCUT2D eigenvalue weighted by molar-refractivity contribution is 1.53. The molecule has 0 aliphatic heterocycles. The van der Waals surface area contributed by atoms with Crippen LogP contribution in [-0.4, -0.2) is 23.5 Å². The van der Waals surface area contributed by atoms with Crippen molar-refractivity contribution < 1.29 is 0 Å². The van der Waals surface area contributed by atoms with Crippen molar-refractivity contribution in [2.24, 2.45) is 0 Å². The van der Waals surface area contributed by atoms with Gasteiger partial charge in [-0.3, -0.25) is 0 Å². The van der Waals surface area contributed by atoms with Gasteiger partial charge in [-0.05, 0) is 6.16 Å². The van der Waals surface area contributed by atoms with Crippen LogP contribution in [0.5, 0.6) is 0 Å². The molecule has 23 valence electrons. The highest BCUT2D eigenvalue weighted by molar-refractivity contribution is 7.16. The third kappa shape index (κ3) is 12.3. The highest BCUT2D eigenvalue weighted by atomic mass is 31.0. The molecular weight excluding hydrogens is 82.0 g/mol. The normalized spacial score (nSPS) is 4.50. The summed E-state index contributed by atoms with van der Waals surface area (Å²) in [6, 6.07) is 0. The molecule has 4 heavy (non-hydrogen) atoms. The van der Waals surface area contributed by atoms with Crippen molar-refractivity contribution in [1.29, 1.82) is 0 Å². The van der Waals surface area contributed by atoms with Gasteiger partial charge in [0.05, 0.1) is 0 Å². The average molecular weight is 89.0 g/mol. The Morgan fingerprint density at radius 3 is 1.75 bits per heavy atom. The SMILES string of the molecule is CCP.[Al]. The average Bonchev–Trinajstić information content (AvgIpc) is 0.918. The summed E-state index contributed by atoms with van der Waals surface area (Å²) in [6.07, 6.45) is 1.17. The van der Waals surface area contributed by atoms with E-state index in [1.807, 2.05) is 0 Å². The summed E-state index contributed by atoms with van der Waals surface area (Å²) in [5, 5.41) is 0. The van der Waals surface area contributed by atoms with E-state index < -0.39 is 0 Å². The molecule has 3 radical (unpaired) electrons. The monoisotopic (exact) mass is 89.0 g/mol. The minimum Gasteiger partial charge on any atom is -0.138 e. The van der Waals surface area contributed by atoms with Crippen LogP contribution in [0.3, 0.4) is 0 Å². The smallest absolute Gasteiger partial charge is 0 e. The lowest BCUT2D eigenvalue weighted by atomic mass is 11.0. The summed E-state index contributed by atoms with van der Waals surface area (Å²) in [6.45, 7) is 2.09. The van der Waals surface area contributed by atoms with E-state index in [9.17, 15) is 0 Å². The Morgan fingerprint density at radius 1 is 1.75 bits per heavy atom. The number of hydrogen-bond acceptors (Lipinski definition) is 0. The fourth-order valence-corrected chi connectivity index (χ4v) is 0. The van der Waals surface area contributed by atoms with Gasteiger partial charge >= 0.3 is 0 Å². The summed E-state index contributed by atoms with van der Waals surface area (Å²) in [4.78, 5) is 0. The Kier molecular flexibility index (Phi) is 20.0. The van der Waals surface area contributed by atoms with Gasteiger partial charge in [0.2, 0.25) is 0 Å². The lowest BCUT2D eigenvalue weighted by Crippen LogP contribution is -1.33. The highest BCUT2D eigenvalue weighted by Gasteiger charge is 1.35. The van der Waals surface area contributed by atoms with Crippen molar-refractivity contribution in [1.82, 2.24) is 0 Å². The molecule has 0 heterocycles. The lowest BCUT2D eigenvalue weighted by Gasteiger charge is -1.48. The third-order valence-corrected chi connectivity index (χ3v) is 0. The second-order valence-corrected chi connectivity index (χ2v) is 1.22. The van der Waals surface area contributed by atoms with Gasteiger partial charge in [-0.25, -0.2) is 0 Å². The van der Waals surface area contributed by atoms with Gasteiger partial charge in [0.1, 0.15) is 0 Å². The van der Waals surface area contributed by atoms with Crippen LogP contribution in [-0.2, 0) is 0 Å². The summed E-state index contributed by atoms with van der Waals surface area (Å²) in [5.74, 6) is 0. The van der Waals surface area contributed by atoms with Crippen LogP contribution in [0.15, 0.2) is 0 Å². The first-order valence-corrected chi connectivity index (χ1v) is 1.93. The fraction of sp³-hybridized carbons (Fsp3) is 1.00. The standard InChI is InChI=1S/C2H7P.Al/c1-2-3;/h2-3H2,1H3;. The first-order chi connectivity index (χ1) is 1.41. The van der Waals surface area contributed by atoms with E-state index in [-0.39, 0.29) is 17.4 Å². The Bertz CT molecular complexity index is 6.00. The second-order valence-electron chi connectivity index (χ2n) is 0.408. The summed E-state index contributed by atoms with van der Waals surface area (Å²) >= 11 is 0. The zero-order valence-electron chi connectivity index (χ0n) is 2.86. The molecule has 0 aromatic carbocycles. The van der Waals surface area contributed by atoms with Gasteiger partial charge in [0.15, 0.2) is 0 Å². The molecule has 0 spiro atoms. The van der Waals surface area contributed by atoms with Crippen molar-refractivity contribution in [3.8, 4) is 0 Å². The second kappa shape index (κ2) is 9.03. The Morgan fingerprint density at radius 2 is 1.75 bits per heavy atom. The van der Waals surface area contributed by atoms with Gasteiger partial charge in [-0.15, -0.1) is 9.24 Å². The number of hydrogen-bond donors (Lipinski definition) is 0. The molecule has 0 bridgehead atoms. The Labute approximate surface area is 40.3 Å². The van der Waals surface area contributed by atoms with E-state index >= 15 is 0 Å². The minimum atomic E-state index is 0. The molecule has 0 aliphatic rings. The van der Waals surface area contributed by atoms with Crippen LogP contribution in [0.4, 0.5) is 0 Å². The zero-order valence-corrected chi connectivity index (χ0v) is 5.17. The quantitative estimate of drug-likeness (QED) is 0.299. The van der Waals surface area contributed by atoms with E-state index in [4.69, 9.17) is 0 Å². The Balaban J connectivity index is 0. The van der Waals surface area contributed by atoms with Crippen molar-refractivity contribution in [3.63, 3.8) is 0 Å². The summed E-state index contributed by atoms with van der Waals surface area (Å²) in [5.41, 5.74) is 0. The van der Waals surface area contributed by atoms with Crippen LogP contribution in [0.2, 0.25) is 0 Å². The van der Waals surface area contributed by atoms with Crippen molar-refractivity contribution in [3.05, 3.63) is 0 Å².